The molecule has 10 rings (SSSR count). The molecule has 0 saturated carbocycles. The molecule has 2 aliphatic heterocycles. The Labute approximate surface area is 425 Å². The number of anilines is 1. The molecule has 0 saturated heterocycles. The Morgan fingerprint density at radius 1 is 0.648 bits per heavy atom. The van der Waals surface area contributed by atoms with Crippen molar-refractivity contribution in [3.05, 3.63) is 232 Å². The molecule has 0 bridgehead atoms. The summed E-state index contributed by atoms with van der Waals surface area (Å²) >= 11 is 1.77. The molecule has 4 nitrogen and oxygen atoms in total. The summed E-state index contributed by atoms with van der Waals surface area (Å²) in [5.41, 5.74) is 13.1. The fraction of sp³-hybridized carbons (Fsp3) is 0.273. The second-order valence-corrected chi connectivity index (χ2v) is 22.4. The van der Waals surface area contributed by atoms with Gasteiger partial charge in [0.2, 0.25) is 5.69 Å². The van der Waals surface area contributed by atoms with Gasteiger partial charge in [-0.1, -0.05) is 167 Å². The van der Waals surface area contributed by atoms with Crippen LogP contribution in [-0.4, -0.2) is 34.5 Å². The van der Waals surface area contributed by atoms with Crippen molar-refractivity contribution in [2.75, 3.05) is 18.0 Å². The molecule has 7 aromatic rings. The normalized spacial score (nSPS) is 20.0. The number of carboxylic acids is 1. The van der Waals surface area contributed by atoms with E-state index < -0.39 is 5.97 Å². The van der Waals surface area contributed by atoms with Gasteiger partial charge in [0.25, 0.3) is 0 Å². The zero-order valence-electron chi connectivity index (χ0n) is 42.3. The number of thioether (sulfide) groups is 1. The summed E-state index contributed by atoms with van der Waals surface area (Å²) in [6.07, 6.45) is 15.6. The van der Waals surface area contributed by atoms with E-state index >= 15 is 0 Å². The van der Waals surface area contributed by atoms with Gasteiger partial charge >= 0.3 is 5.97 Å². The lowest BCUT2D eigenvalue weighted by Crippen LogP contribution is -2.34. The number of hydrogen-bond donors (Lipinski definition) is 1. The summed E-state index contributed by atoms with van der Waals surface area (Å²) in [6.45, 7) is 16.1. The highest BCUT2D eigenvalue weighted by molar-refractivity contribution is 8.03. The number of rotatable bonds is 16. The van der Waals surface area contributed by atoms with Gasteiger partial charge in [0.1, 0.15) is 6.54 Å². The van der Waals surface area contributed by atoms with Crippen molar-refractivity contribution in [2.24, 2.45) is 11.8 Å². The second-order valence-electron chi connectivity index (χ2n) is 21.3. The third-order valence-electron chi connectivity index (χ3n) is 15.3. The molecule has 1 N–H and O–H groups in total. The topological polar surface area (TPSA) is 43.5 Å². The molecule has 5 heteroatoms. The Hall–Kier alpha value is -6.69. The Morgan fingerprint density at radius 3 is 1.87 bits per heavy atom. The average Bonchev–Trinajstić information content (AvgIpc) is 3.95. The molecule has 2 atom stereocenters. The Bertz CT molecular complexity index is 3290. The van der Waals surface area contributed by atoms with Gasteiger partial charge in [0.05, 0.1) is 11.0 Å². The monoisotopic (exact) mass is 951 g/mol. The molecular weight excluding hydrogens is 885 g/mol. The van der Waals surface area contributed by atoms with E-state index in [2.05, 4.69) is 209 Å². The molecule has 0 spiro atoms. The van der Waals surface area contributed by atoms with Crippen LogP contribution in [0.15, 0.2) is 209 Å². The highest BCUT2D eigenvalue weighted by Crippen LogP contribution is 2.54. The standard InChI is InChI=1S/C66H66N2O2S/c1-45(2)39-41-67-57-35-29-49-21-13-15-23-55(49)61(57)65(5,43-47-17-9-7-10-18-47)59(67)37-31-51-25-26-52(63(51)71-54-33-27-53(28-34-54)64(69)70)32-38-60-66(6,44-48-19-11-8-12-20-48)62-56-24-16-14-22-50(56)30-36-58(62)68(60)42-40-46(3)4/h7-24,27-38,45-46H,25-26,39-44H2,1-6H3/p+1. The van der Waals surface area contributed by atoms with Crippen molar-refractivity contribution >= 4 is 56.4 Å². The second kappa shape index (κ2) is 20.2. The van der Waals surface area contributed by atoms with Crippen LogP contribution < -0.4 is 4.90 Å². The first-order chi connectivity index (χ1) is 34.4. The number of nitrogens with zero attached hydrogens (tertiary/aromatic N) is 2. The molecule has 0 fully saturated rings. The third kappa shape index (κ3) is 9.50. The van der Waals surface area contributed by atoms with E-state index in [0.29, 0.717) is 17.4 Å². The zero-order chi connectivity index (χ0) is 49.3. The van der Waals surface area contributed by atoms with Crippen LogP contribution in [0, 0.1) is 11.8 Å². The molecule has 71 heavy (non-hydrogen) atoms. The van der Waals surface area contributed by atoms with Gasteiger partial charge in [-0.15, -0.1) is 0 Å². The molecule has 1 aliphatic carbocycles. The van der Waals surface area contributed by atoms with Gasteiger partial charge in [-0.2, -0.15) is 4.58 Å². The maximum absolute atomic E-state index is 12.0. The van der Waals surface area contributed by atoms with Crippen molar-refractivity contribution < 1.29 is 14.5 Å². The molecule has 2 heterocycles. The molecule has 0 amide bonds. The minimum atomic E-state index is -0.911. The lowest BCUT2D eigenvalue weighted by molar-refractivity contribution is -0.439. The average molecular weight is 952 g/mol. The van der Waals surface area contributed by atoms with Crippen molar-refractivity contribution in [3.8, 4) is 0 Å². The van der Waals surface area contributed by atoms with Crippen LogP contribution >= 0.6 is 11.8 Å². The zero-order valence-corrected chi connectivity index (χ0v) is 43.1. The molecule has 3 aliphatic rings. The number of allylic oxidation sites excluding steroid dienone is 7. The maximum Gasteiger partial charge on any atom is 0.335 e. The predicted molar refractivity (Wildman–Crippen MR) is 300 cm³/mol. The van der Waals surface area contributed by atoms with Gasteiger partial charge in [0, 0.05) is 57.3 Å². The van der Waals surface area contributed by atoms with Crippen LogP contribution in [0.1, 0.15) is 99.8 Å². The Morgan fingerprint density at radius 2 is 1.24 bits per heavy atom. The highest BCUT2D eigenvalue weighted by atomic mass is 32.2. The van der Waals surface area contributed by atoms with E-state index in [0.717, 1.165) is 56.5 Å². The first-order valence-corrected chi connectivity index (χ1v) is 26.6. The first-order valence-electron chi connectivity index (χ1n) is 25.8. The summed E-state index contributed by atoms with van der Waals surface area (Å²) in [4.78, 5) is 16.9. The van der Waals surface area contributed by atoms with Crippen molar-refractivity contribution in [3.63, 3.8) is 0 Å². The Kier molecular flexibility index (Phi) is 13.6. The lowest BCUT2D eigenvalue weighted by atomic mass is 9.73. The number of hydrogen-bond acceptors (Lipinski definition) is 3. The highest BCUT2D eigenvalue weighted by Gasteiger charge is 2.49. The summed E-state index contributed by atoms with van der Waals surface area (Å²) in [5, 5.41) is 15.0. The summed E-state index contributed by atoms with van der Waals surface area (Å²) in [7, 11) is 0. The summed E-state index contributed by atoms with van der Waals surface area (Å²) in [5.74, 6) is 0.204. The number of benzene rings is 7. The molecule has 0 aromatic heterocycles. The van der Waals surface area contributed by atoms with Crippen molar-refractivity contribution in [1.82, 2.24) is 0 Å². The van der Waals surface area contributed by atoms with Gasteiger partial charge in [-0.25, -0.2) is 4.79 Å². The maximum atomic E-state index is 12.0. The van der Waals surface area contributed by atoms with E-state index in [1.165, 1.54) is 82.6 Å². The smallest absolute Gasteiger partial charge is 0.335 e. The first kappa shape index (κ1) is 48.0. The minimum absolute atomic E-state index is 0.294. The predicted octanol–water partition coefficient (Wildman–Crippen LogP) is 16.6. The van der Waals surface area contributed by atoms with Crippen LogP contribution in [0.2, 0.25) is 0 Å². The SMILES string of the molecule is CC(C)CCN1/C(=C/C=C2\CCC(/C=C/C3=[N+](CCC(C)C)c4ccc5ccccc5c4C3(C)Cc3ccccc3)=C2Sc2ccc(C(=O)O)cc2)C(C)(Cc2ccccc2)c2c1ccc1ccccc21. The van der Waals surface area contributed by atoms with Gasteiger partial charge in [0.15, 0.2) is 5.71 Å². The number of carbonyl (C=O) groups is 1. The fourth-order valence-corrected chi connectivity index (χ4v) is 12.8. The van der Waals surface area contributed by atoms with Crippen molar-refractivity contribution in [2.45, 2.75) is 95.8 Å². The van der Waals surface area contributed by atoms with E-state index in [9.17, 15) is 9.90 Å². The largest absolute Gasteiger partial charge is 0.478 e. The number of aromatic carboxylic acids is 1. The fourth-order valence-electron chi connectivity index (χ4n) is 11.7. The quantitative estimate of drug-likeness (QED) is 0.0981. The van der Waals surface area contributed by atoms with Crippen LogP contribution in [-0.2, 0) is 23.7 Å². The number of fused-ring (bicyclic) bond motifs is 6. The van der Waals surface area contributed by atoms with Crippen LogP contribution in [0.3, 0.4) is 0 Å². The van der Waals surface area contributed by atoms with Crippen LogP contribution in [0.25, 0.3) is 21.5 Å². The number of carboxylic acid groups (broad SMARTS) is 1. The van der Waals surface area contributed by atoms with E-state index in [1.54, 1.807) is 23.9 Å². The third-order valence-corrected chi connectivity index (χ3v) is 16.6. The molecule has 7 aromatic carbocycles. The van der Waals surface area contributed by atoms with Crippen molar-refractivity contribution in [1.29, 1.82) is 0 Å². The van der Waals surface area contributed by atoms with Crippen LogP contribution in [0.4, 0.5) is 11.4 Å². The van der Waals surface area contributed by atoms with E-state index in [-0.39, 0.29) is 10.8 Å². The summed E-state index contributed by atoms with van der Waals surface area (Å²) < 4.78 is 2.64. The van der Waals surface area contributed by atoms with E-state index in [1.807, 2.05) is 12.1 Å². The minimum Gasteiger partial charge on any atom is -0.478 e. The van der Waals surface area contributed by atoms with Gasteiger partial charge < -0.3 is 10.0 Å². The van der Waals surface area contributed by atoms with Gasteiger partial charge in [-0.3, -0.25) is 0 Å². The molecule has 0 radical (unpaired) electrons. The van der Waals surface area contributed by atoms with E-state index in [4.69, 9.17) is 0 Å². The molecule has 358 valence electrons. The van der Waals surface area contributed by atoms with Crippen LogP contribution in [0.5, 0.6) is 0 Å². The Balaban J connectivity index is 1.14. The van der Waals surface area contributed by atoms with Gasteiger partial charge in [-0.05, 0) is 150 Å². The lowest BCUT2D eigenvalue weighted by Gasteiger charge is -2.31. The molecular formula is C66H67N2O2S+. The summed E-state index contributed by atoms with van der Waals surface area (Å²) in [6, 6.07) is 56.6. The molecule has 2 unspecified atom stereocenters.